The molecule has 21 heavy (non-hydrogen) atoms. The molecule has 0 aromatic heterocycles. The van der Waals surface area contributed by atoms with E-state index in [1.165, 1.54) is 16.7 Å². The Morgan fingerprint density at radius 2 is 1.67 bits per heavy atom. The van der Waals surface area contributed by atoms with Crippen LogP contribution in [0.25, 0.3) is 0 Å². The third-order valence-corrected chi connectivity index (χ3v) is 5.33. The van der Waals surface area contributed by atoms with Gasteiger partial charge in [0.15, 0.2) is 9.84 Å². The smallest absolute Gasteiger partial charge is 0.178 e. The third kappa shape index (κ3) is 3.85. The lowest BCUT2D eigenvalue weighted by molar-refractivity contribution is 0.597. The van der Waals surface area contributed by atoms with E-state index in [2.05, 4.69) is 37.4 Å². The minimum absolute atomic E-state index is 0.127. The van der Waals surface area contributed by atoms with Crippen LogP contribution >= 0.6 is 0 Å². The van der Waals surface area contributed by atoms with Gasteiger partial charge in [-0.05, 0) is 49.2 Å². The van der Waals surface area contributed by atoms with Gasteiger partial charge in [0, 0.05) is 12.2 Å². The predicted octanol–water partition coefficient (Wildman–Crippen LogP) is 3.71. The monoisotopic (exact) mass is 303 g/mol. The van der Waals surface area contributed by atoms with E-state index in [1.54, 1.807) is 19.1 Å². The van der Waals surface area contributed by atoms with Crippen molar-refractivity contribution in [2.45, 2.75) is 32.2 Å². The molecule has 0 spiro atoms. The summed E-state index contributed by atoms with van der Waals surface area (Å²) in [7, 11) is -3.12. The van der Waals surface area contributed by atoms with Gasteiger partial charge in [0.05, 0.1) is 10.6 Å². The summed E-state index contributed by atoms with van der Waals surface area (Å²) in [4.78, 5) is 0.377. The zero-order valence-corrected chi connectivity index (χ0v) is 13.5. The Labute approximate surface area is 126 Å². The van der Waals surface area contributed by atoms with Crippen LogP contribution in [0.1, 0.15) is 23.6 Å². The molecule has 2 aromatic rings. The molecule has 0 aliphatic carbocycles. The summed E-state index contributed by atoms with van der Waals surface area (Å²) in [5, 5.41) is 3.33. The first-order valence-corrected chi connectivity index (χ1v) is 8.70. The number of aryl methyl sites for hydroxylation is 2. The van der Waals surface area contributed by atoms with Gasteiger partial charge in [-0.2, -0.15) is 0 Å². The Bertz CT molecular complexity index is 719. The Balaban J connectivity index is 2.09. The highest BCUT2D eigenvalue weighted by Crippen LogP contribution is 2.17. The molecule has 0 atom stereocenters. The summed E-state index contributed by atoms with van der Waals surface area (Å²) < 4.78 is 23.5. The molecule has 0 amide bonds. The van der Waals surface area contributed by atoms with Gasteiger partial charge in [0.25, 0.3) is 0 Å². The second-order valence-electron chi connectivity index (χ2n) is 5.21. The largest absolute Gasteiger partial charge is 0.381 e. The summed E-state index contributed by atoms with van der Waals surface area (Å²) in [6.07, 6.45) is 0. The number of rotatable bonds is 5. The standard InChI is InChI=1S/C17H21NO2S/c1-4-21(19,20)17-9-7-16(8-10-17)18-12-15-11-13(2)5-6-14(15)3/h5-11,18H,4,12H2,1-3H3. The molecule has 112 valence electrons. The van der Waals surface area contributed by atoms with E-state index < -0.39 is 9.84 Å². The molecule has 2 rings (SSSR count). The molecule has 0 bridgehead atoms. The molecule has 0 saturated carbocycles. The molecular formula is C17H21NO2S. The molecule has 0 aliphatic heterocycles. The third-order valence-electron chi connectivity index (χ3n) is 3.58. The maximum absolute atomic E-state index is 11.8. The maximum Gasteiger partial charge on any atom is 0.178 e. The zero-order chi connectivity index (χ0) is 15.5. The van der Waals surface area contributed by atoms with Gasteiger partial charge in [0.2, 0.25) is 0 Å². The van der Waals surface area contributed by atoms with Crippen LogP contribution in [0, 0.1) is 13.8 Å². The summed E-state index contributed by atoms with van der Waals surface area (Å²) in [5.41, 5.74) is 4.66. The molecule has 0 unspecified atom stereocenters. The van der Waals surface area contributed by atoms with E-state index in [0.717, 1.165) is 12.2 Å². The molecule has 0 fully saturated rings. The summed E-state index contributed by atoms with van der Waals surface area (Å²) >= 11 is 0. The highest BCUT2D eigenvalue weighted by atomic mass is 32.2. The van der Waals surface area contributed by atoms with E-state index in [9.17, 15) is 8.42 Å². The van der Waals surface area contributed by atoms with Crippen molar-refractivity contribution in [1.82, 2.24) is 0 Å². The number of nitrogens with one attached hydrogen (secondary N) is 1. The molecule has 3 nitrogen and oxygen atoms in total. The summed E-state index contributed by atoms with van der Waals surface area (Å²) in [6.45, 7) is 6.55. The van der Waals surface area contributed by atoms with Crippen LogP contribution in [0.15, 0.2) is 47.4 Å². The molecule has 0 heterocycles. The first-order chi connectivity index (χ1) is 9.92. The van der Waals surface area contributed by atoms with Crippen molar-refractivity contribution in [1.29, 1.82) is 0 Å². The van der Waals surface area contributed by atoms with Crippen molar-refractivity contribution in [3.05, 3.63) is 59.2 Å². The zero-order valence-electron chi connectivity index (χ0n) is 12.7. The van der Waals surface area contributed by atoms with Crippen molar-refractivity contribution in [2.24, 2.45) is 0 Å². The Kier molecular flexibility index (Phi) is 4.68. The molecule has 0 radical (unpaired) electrons. The summed E-state index contributed by atoms with van der Waals surface area (Å²) in [6, 6.07) is 13.3. The van der Waals surface area contributed by atoms with Crippen molar-refractivity contribution >= 4 is 15.5 Å². The number of hydrogen-bond donors (Lipinski definition) is 1. The van der Waals surface area contributed by atoms with Crippen LogP contribution in [0.5, 0.6) is 0 Å². The van der Waals surface area contributed by atoms with Crippen LogP contribution in [0.3, 0.4) is 0 Å². The van der Waals surface area contributed by atoms with Crippen LogP contribution < -0.4 is 5.32 Å². The van der Waals surface area contributed by atoms with Gasteiger partial charge in [-0.25, -0.2) is 8.42 Å². The Morgan fingerprint density at radius 3 is 2.29 bits per heavy atom. The first kappa shape index (κ1) is 15.6. The molecule has 4 heteroatoms. The van der Waals surface area contributed by atoms with Crippen LogP contribution in [-0.2, 0) is 16.4 Å². The van der Waals surface area contributed by atoms with Gasteiger partial charge >= 0.3 is 0 Å². The highest BCUT2D eigenvalue weighted by molar-refractivity contribution is 7.91. The quantitative estimate of drug-likeness (QED) is 0.916. The normalized spacial score (nSPS) is 11.4. The van der Waals surface area contributed by atoms with Gasteiger partial charge in [0.1, 0.15) is 0 Å². The molecular weight excluding hydrogens is 282 g/mol. The van der Waals surface area contributed by atoms with Gasteiger partial charge < -0.3 is 5.32 Å². The predicted molar refractivity (Wildman–Crippen MR) is 87.4 cm³/mol. The average molecular weight is 303 g/mol. The minimum Gasteiger partial charge on any atom is -0.381 e. The van der Waals surface area contributed by atoms with Crippen LogP contribution in [-0.4, -0.2) is 14.2 Å². The van der Waals surface area contributed by atoms with Crippen molar-refractivity contribution < 1.29 is 8.42 Å². The summed E-state index contributed by atoms with van der Waals surface area (Å²) in [5.74, 6) is 0.127. The van der Waals surface area contributed by atoms with Crippen molar-refractivity contribution in [3.8, 4) is 0 Å². The van der Waals surface area contributed by atoms with Gasteiger partial charge in [-0.3, -0.25) is 0 Å². The number of hydrogen-bond acceptors (Lipinski definition) is 3. The Morgan fingerprint density at radius 1 is 1.00 bits per heavy atom. The topological polar surface area (TPSA) is 46.2 Å². The second kappa shape index (κ2) is 6.31. The fourth-order valence-corrected chi connectivity index (χ4v) is 3.02. The number of benzene rings is 2. The van der Waals surface area contributed by atoms with Crippen molar-refractivity contribution in [2.75, 3.05) is 11.1 Å². The van der Waals surface area contributed by atoms with E-state index in [1.807, 2.05) is 12.1 Å². The molecule has 2 aromatic carbocycles. The van der Waals surface area contributed by atoms with Gasteiger partial charge in [-0.1, -0.05) is 30.7 Å². The SMILES string of the molecule is CCS(=O)(=O)c1ccc(NCc2cc(C)ccc2C)cc1. The lowest BCUT2D eigenvalue weighted by atomic mass is 10.1. The maximum atomic E-state index is 11.8. The van der Waals surface area contributed by atoms with Crippen LogP contribution in [0.4, 0.5) is 5.69 Å². The minimum atomic E-state index is -3.12. The first-order valence-electron chi connectivity index (χ1n) is 7.05. The molecule has 0 saturated heterocycles. The fraction of sp³-hybridized carbons (Fsp3) is 0.294. The highest BCUT2D eigenvalue weighted by Gasteiger charge is 2.10. The lowest BCUT2D eigenvalue weighted by Gasteiger charge is -2.10. The van der Waals surface area contributed by atoms with Crippen molar-refractivity contribution in [3.63, 3.8) is 0 Å². The Hall–Kier alpha value is -1.81. The fourth-order valence-electron chi connectivity index (χ4n) is 2.13. The van der Waals surface area contributed by atoms with E-state index in [4.69, 9.17) is 0 Å². The van der Waals surface area contributed by atoms with Gasteiger partial charge in [-0.15, -0.1) is 0 Å². The average Bonchev–Trinajstić information content (AvgIpc) is 2.48. The van der Waals surface area contributed by atoms with Crippen LogP contribution in [0.2, 0.25) is 0 Å². The number of anilines is 1. The lowest BCUT2D eigenvalue weighted by Crippen LogP contribution is -2.05. The number of sulfone groups is 1. The second-order valence-corrected chi connectivity index (χ2v) is 7.49. The van der Waals surface area contributed by atoms with E-state index in [-0.39, 0.29) is 5.75 Å². The molecule has 1 N–H and O–H groups in total. The molecule has 0 aliphatic rings. The van der Waals surface area contributed by atoms with E-state index >= 15 is 0 Å². The van der Waals surface area contributed by atoms with E-state index in [0.29, 0.717) is 4.90 Å².